The van der Waals surface area contributed by atoms with E-state index in [0.29, 0.717) is 0 Å². The lowest BCUT2D eigenvalue weighted by Crippen LogP contribution is -2.72. The Bertz CT molecular complexity index is 3030. The van der Waals surface area contributed by atoms with Crippen LogP contribution in [0.5, 0.6) is 0 Å². The number of benzene rings is 9. The van der Waals surface area contributed by atoms with Gasteiger partial charge in [-0.3, -0.25) is 0 Å². The second-order valence-electron chi connectivity index (χ2n) is 16.9. The van der Waals surface area contributed by atoms with Crippen LogP contribution in [0, 0.1) is 6.92 Å². The van der Waals surface area contributed by atoms with Crippen molar-refractivity contribution in [2.24, 2.45) is 0 Å². The van der Waals surface area contributed by atoms with Gasteiger partial charge in [0.2, 0.25) is 0 Å². The lowest BCUT2D eigenvalue weighted by molar-refractivity contribution is 0.660. The molecule has 2 heteroatoms. The summed E-state index contributed by atoms with van der Waals surface area (Å²) >= 11 is 0. The molecule has 1 nitrogen and oxygen atoms in total. The van der Waals surface area contributed by atoms with Gasteiger partial charge in [0.25, 0.3) is 0 Å². The van der Waals surface area contributed by atoms with Gasteiger partial charge in [-0.15, -0.1) is 0 Å². The second kappa shape index (κ2) is 14.1. The normalized spacial score (nSPS) is 13.8. The van der Waals surface area contributed by atoms with Crippen LogP contribution in [0.3, 0.4) is 0 Å². The van der Waals surface area contributed by atoms with E-state index in [4.69, 9.17) is 0 Å². The molecular formula is C58H45NSi. The summed E-state index contributed by atoms with van der Waals surface area (Å²) in [6, 6.07) is 81.7. The molecule has 0 atom stereocenters. The first-order valence-corrected chi connectivity index (χ1v) is 23.1. The zero-order valence-corrected chi connectivity index (χ0v) is 35.2. The molecule has 9 aromatic rings. The standard InChI is InChI=1S/C58H45NSi/c1-40-37-45(59(44-31-29-42(30-32-44)41-17-6-4-7-18-41)46-34-36-51-50-23-10-13-26-54(50)58(2,3)55(51)39-46)33-35-49(40)43-19-16-22-48(38-43)60(47-20-8-5-9-21-47)56-27-14-11-24-52(56)53-25-12-15-28-57(53)60/h4-39H,1-3H3. The molecule has 0 fully saturated rings. The topological polar surface area (TPSA) is 3.24 Å². The van der Waals surface area contributed by atoms with E-state index >= 15 is 0 Å². The SMILES string of the molecule is Cc1cc(N(c2ccc(-c3ccccc3)cc2)c2ccc3c(c2)C(C)(C)c2ccccc2-3)ccc1-c1cccc([Si]2(c3ccccc3)c3ccccc3-c3ccccc32)c1. The van der Waals surface area contributed by atoms with Gasteiger partial charge in [0, 0.05) is 22.5 Å². The van der Waals surface area contributed by atoms with Crippen LogP contribution in [-0.4, -0.2) is 8.07 Å². The molecule has 0 amide bonds. The van der Waals surface area contributed by atoms with Crippen molar-refractivity contribution in [1.82, 2.24) is 0 Å². The first kappa shape index (κ1) is 36.1. The maximum atomic E-state index is 2.50. The minimum absolute atomic E-state index is 0.101. The summed E-state index contributed by atoms with van der Waals surface area (Å²) in [6.07, 6.45) is 0. The van der Waals surface area contributed by atoms with Gasteiger partial charge in [-0.25, -0.2) is 0 Å². The van der Waals surface area contributed by atoms with E-state index in [9.17, 15) is 0 Å². The van der Waals surface area contributed by atoms with Crippen molar-refractivity contribution in [3.05, 3.63) is 235 Å². The monoisotopic (exact) mass is 783 g/mol. The molecule has 1 aliphatic carbocycles. The van der Waals surface area contributed by atoms with Crippen molar-refractivity contribution in [2.45, 2.75) is 26.2 Å². The van der Waals surface area contributed by atoms with Crippen LogP contribution >= 0.6 is 0 Å². The van der Waals surface area contributed by atoms with Crippen LogP contribution in [-0.2, 0) is 5.41 Å². The Hall–Kier alpha value is -7.00. The van der Waals surface area contributed by atoms with E-state index in [0.717, 1.165) is 17.1 Å². The number of anilines is 3. The van der Waals surface area contributed by atoms with Crippen molar-refractivity contribution in [3.63, 3.8) is 0 Å². The molecule has 2 aliphatic rings. The number of hydrogen-bond donors (Lipinski definition) is 0. The van der Waals surface area contributed by atoms with Crippen molar-refractivity contribution in [1.29, 1.82) is 0 Å². The number of aryl methyl sites for hydroxylation is 1. The van der Waals surface area contributed by atoms with E-state index in [-0.39, 0.29) is 5.41 Å². The third-order valence-corrected chi connectivity index (χ3v) is 18.2. The lowest BCUT2D eigenvalue weighted by atomic mass is 9.82. The van der Waals surface area contributed by atoms with Gasteiger partial charge in [0.05, 0.1) is 0 Å². The molecule has 286 valence electrons. The summed E-state index contributed by atoms with van der Waals surface area (Å²) in [6.45, 7) is 7.00. The van der Waals surface area contributed by atoms with Crippen LogP contribution in [0.4, 0.5) is 17.1 Å². The van der Waals surface area contributed by atoms with Crippen LogP contribution in [0.15, 0.2) is 218 Å². The summed E-state index contributed by atoms with van der Waals surface area (Å²) < 4.78 is 0. The van der Waals surface area contributed by atoms with Gasteiger partial charge in [-0.1, -0.05) is 196 Å². The molecule has 0 unspecified atom stereocenters. The van der Waals surface area contributed by atoms with E-state index in [1.54, 1.807) is 0 Å². The maximum absolute atomic E-state index is 2.61. The number of rotatable bonds is 7. The van der Waals surface area contributed by atoms with Gasteiger partial charge < -0.3 is 4.90 Å². The Kier molecular flexibility index (Phi) is 8.47. The molecule has 1 heterocycles. The zero-order chi connectivity index (χ0) is 40.4. The quantitative estimate of drug-likeness (QED) is 0.146. The molecule has 0 saturated carbocycles. The first-order valence-electron chi connectivity index (χ1n) is 21.1. The Balaban J connectivity index is 1.04. The predicted octanol–water partition coefficient (Wildman–Crippen LogP) is 12.5. The summed E-state index contributed by atoms with van der Waals surface area (Å²) in [4.78, 5) is 2.44. The highest BCUT2D eigenvalue weighted by Gasteiger charge is 2.48. The molecule has 9 aromatic carbocycles. The minimum atomic E-state index is -2.61. The van der Waals surface area contributed by atoms with Crippen molar-refractivity contribution in [3.8, 4) is 44.5 Å². The molecule has 0 aromatic heterocycles. The van der Waals surface area contributed by atoms with Crippen molar-refractivity contribution >= 4 is 45.9 Å². The molecule has 0 bridgehead atoms. The Morgan fingerprint density at radius 1 is 0.350 bits per heavy atom. The largest absolute Gasteiger partial charge is 0.310 e. The molecule has 0 radical (unpaired) electrons. The van der Waals surface area contributed by atoms with Crippen LogP contribution in [0.1, 0.15) is 30.5 Å². The highest BCUT2D eigenvalue weighted by Crippen LogP contribution is 2.50. The Labute approximate surface area is 354 Å². The van der Waals surface area contributed by atoms with E-state index in [1.165, 1.54) is 81.9 Å². The average Bonchev–Trinajstić information content (AvgIpc) is 3.73. The van der Waals surface area contributed by atoms with Gasteiger partial charge in [-0.2, -0.15) is 0 Å². The average molecular weight is 784 g/mol. The van der Waals surface area contributed by atoms with Gasteiger partial charge in [0.15, 0.2) is 8.07 Å². The fourth-order valence-electron chi connectivity index (χ4n) is 10.5. The molecule has 60 heavy (non-hydrogen) atoms. The Morgan fingerprint density at radius 3 is 1.53 bits per heavy atom. The van der Waals surface area contributed by atoms with Crippen LogP contribution in [0.2, 0.25) is 0 Å². The summed E-state index contributed by atoms with van der Waals surface area (Å²) in [5.41, 5.74) is 17.7. The summed E-state index contributed by atoms with van der Waals surface area (Å²) in [5, 5.41) is 5.77. The third-order valence-electron chi connectivity index (χ3n) is 13.3. The van der Waals surface area contributed by atoms with Gasteiger partial charge >= 0.3 is 0 Å². The molecule has 0 N–H and O–H groups in total. The van der Waals surface area contributed by atoms with Crippen LogP contribution in [0.25, 0.3) is 44.5 Å². The molecule has 1 aliphatic heterocycles. The minimum Gasteiger partial charge on any atom is -0.310 e. The molecule has 11 rings (SSSR count). The highest BCUT2D eigenvalue weighted by molar-refractivity contribution is 7.22. The van der Waals surface area contributed by atoms with Crippen molar-refractivity contribution < 1.29 is 0 Å². The second-order valence-corrected chi connectivity index (χ2v) is 20.7. The highest BCUT2D eigenvalue weighted by atomic mass is 28.3. The zero-order valence-electron chi connectivity index (χ0n) is 34.2. The summed E-state index contributed by atoms with van der Waals surface area (Å²) in [7, 11) is -2.61. The third kappa shape index (κ3) is 5.52. The lowest BCUT2D eigenvalue weighted by Gasteiger charge is -2.31. The molecule has 0 spiro atoms. The fraction of sp³-hybridized carbons (Fsp3) is 0.0690. The van der Waals surface area contributed by atoms with Crippen LogP contribution < -0.4 is 25.6 Å². The number of hydrogen-bond acceptors (Lipinski definition) is 1. The molecule has 0 saturated heterocycles. The first-order chi connectivity index (χ1) is 29.4. The van der Waals surface area contributed by atoms with Gasteiger partial charge in [-0.05, 0) is 125 Å². The van der Waals surface area contributed by atoms with E-state index < -0.39 is 8.07 Å². The van der Waals surface area contributed by atoms with E-state index in [1.807, 2.05) is 0 Å². The summed E-state index contributed by atoms with van der Waals surface area (Å²) in [5.74, 6) is 0. The number of fused-ring (bicyclic) bond motifs is 6. The predicted molar refractivity (Wildman–Crippen MR) is 257 cm³/mol. The molecular weight excluding hydrogens is 739 g/mol. The maximum Gasteiger partial charge on any atom is 0.180 e. The fourth-order valence-corrected chi connectivity index (χ4v) is 15.7. The smallest absolute Gasteiger partial charge is 0.180 e. The van der Waals surface area contributed by atoms with Gasteiger partial charge in [0.1, 0.15) is 0 Å². The number of nitrogens with zero attached hydrogens (tertiary/aromatic N) is 1. The van der Waals surface area contributed by atoms with Crippen molar-refractivity contribution in [2.75, 3.05) is 4.90 Å². The Morgan fingerprint density at radius 2 is 0.850 bits per heavy atom. The van der Waals surface area contributed by atoms with E-state index in [2.05, 4.69) is 244 Å².